The van der Waals surface area contributed by atoms with Crippen molar-refractivity contribution in [3.8, 4) is 0 Å². The summed E-state index contributed by atoms with van der Waals surface area (Å²) in [4.78, 5) is 7.23. The van der Waals surface area contributed by atoms with E-state index in [1.165, 1.54) is 0 Å². The molecule has 0 aliphatic heterocycles. The van der Waals surface area contributed by atoms with Crippen LogP contribution in [-0.2, 0) is 0 Å². The Hall–Kier alpha value is -1.39. The van der Waals surface area contributed by atoms with Crippen LogP contribution in [0.4, 0.5) is 0 Å². The van der Waals surface area contributed by atoms with E-state index in [9.17, 15) is 0 Å². The van der Waals surface area contributed by atoms with Crippen molar-refractivity contribution in [2.24, 2.45) is 5.73 Å². The van der Waals surface area contributed by atoms with Crippen LogP contribution in [0.1, 0.15) is 11.6 Å². The fraction of sp³-hybridized carbons (Fsp3) is 0.222. The van der Waals surface area contributed by atoms with E-state index in [4.69, 9.17) is 10.8 Å². The second-order valence-electron chi connectivity index (χ2n) is 2.97. The first-order valence-electron chi connectivity index (χ1n) is 4.10. The molecule has 2 aromatic rings. The zero-order valence-electron chi connectivity index (χ0n) is 7.07. The zero-order valence-corrected chi connectivity index (χ0v) is 7.07. The molecule has 0 aromatic carbocycles. The van der Waals surface area contributed by atoms with Crippen LogP contribution in [0.5, 0.6) is 0 Å². The summed E-state index contributed by atoms with van der Waals surface area (Å²) >= 11 is 0. The van der Waals surface area contributed by atoms with E-state index in [0.717, 1.165) is 16.6 Å². The van der Waals surface area contributed by atoms with Crippen LogP contribution in [0.25, 0.3) is 11.0 Å². The Bertz CT molecular complexity index is 410. The number of nitrogens with two attached hydrogens (primary N) is 1. The van der Waals surface area contributed by atoms with Gasteiger partial charge in [0.25, 0.3) is 0 Å². The normalized spacial score (nSPS) is 13.4. The highest BCUT2D eigenvalue weighted by molar-refractivity contribution is 5.75. The molecule has 0 radical (unpaired) electrons. The van der Waals surface area contributed by atoms with E-state index in [1.54, 1.807) is 6.20 Å². The van der Waals surface area contributed by atoms with Crippen molar-refractivity contribution in [3.05, 3.63) is 30.1 Å². The predicted octanol–water partition coefficient (Wildman–Crippen LogP) is 0.555. The van der Waals surface area contributed by atoms with Gasteiger partial charge in [0.15, 0.2) is 0 Å². The lowest BCUT2D eigenvalue weighted by atomic mass is 10.1. The number of aliphatic hydroxyl groups is 1. The molecule has 4 nitrogen and oxygen atoms in total. The highest BCUT2D eigenvalue weighted by Gasteiger charge is 2.05. The molecule has 0 saturated carbocycles. The van der Waals surface area contributed by atoms with Gasteiger partial charge in [-0.15, -0.1) is 0 Å². The minimum absolute atomic E-state index is 0.0616. The van der Waals surface area contributed by atoms with Gasteiger partial charge in [-0.3, -0.25) is 4.98 Å². The Morgan fingerprint density at radius 3 is 3.23 bits per heavy atom. The Morgan fingerprint density at radius 1 is 1.62 bits per heavy atom. The summed E-state index contributed by atoms with van der Waals surface area (Å²) in [7, 11) is 0. The molecular weight excluding hydrogens is 166 g/mol. The molecule has 68 valence electrons. The first-order chi connectivity index (χ1) is 6.31. The van der Waals surface area contributed by atoms with Crippen LogP contribution >= 0.6 is 0 Å². The Kier molecular flexibility index (Phi) is 2.00. The van der Waals surface area contributed by atoms with Crippen molar-refractivity contribution in [2.75, 3.05) is 6.61 Å². The molecule has 2 rings (SSSR count). The number of hydrogen-bond acceptors (Lipinski definition) is 3. The smallest absolute Gasteiger partial charge is 0.0878 e. The van der Waals surface area contributed by atoms with E-state index in [-0.39, 0.29) is 12.6 Å². The third kappa shape index (κ3) is 1.41. The largest absolute Gasteiger partial charge is 0.394 e. The molecule has 0 aliphatic carbocycles. The molecule has 13 heavy (non-hydrogen) atoms. The summed E-state index contributed by atoms with van der Waals surface area (Å²) in [6.07, 6.45) is 3.52. The fourth-order valence-corrected chi connectivity index (χ4v) is 1.26. The maximum Gasteiger partial charge on any atom is 0.0878 e. The summed E-state index contributed by atoms with van der Waals surface area (Å²) in [6.45, 7) is -0.0616. The standard InChI is InChI=1S/C9H11N3O/c10-7(5-13)6-3-9-8(12-4-6)1-2-11-9/h1-4,7,11,13H,5,10H2. The minimum atomic E-state index is -0.347. The summed E-state index contributed by atoms with van der Waals surface area (Å²) in [5, 5.41) is 8.85. The summed E-state index contributed by atoms with van der Waals surface area (Å²) < 4.78 is 0. The molecule has 4 N–H and O–H groups in total. The third-order valence-corrected chi connectivity index (χ3v) is 2.04. The van der Waals surface area contributed by atoms with Gasteiger partial charge in [0.2, 0.25) is 0 Å². The molecule has 0 aliphatic rings. The van der Waals surface area contributed by atoms with Gasteiger partial charge < -0.3 is 15.8 Å². The second kappa shape index (κ2) is 3.16. The number of aromatic amines is 1. The van der Waals surface area contributed by atoms with Crippen LogP contribution in [0.3, 0.4) is 0 Å². The number of aliphatic hydroxyl groups excluding tert-OH is 1. The van der Waals surface area contributed by atoms with Crippen molar-refractivity contribution in [1.82, 2.24) is 9.97 Å². The number of fused-ring (bicyclic) bond motifs is 1. The number of nitrogens with zero attached hydrogens (tertiary/aromatic N) is 1. The van der Waals surface area contributed by atoms with Gasteiger partial charge in [-0.25, -0.2) is 0 Å². The zero-order chi connectivity index (χ0) is 9.26. The topological polar surface area (TPSA) is 74.9 Å². The number of nitrogens with one attached hydrogen (secondary N) is 1. The third-order valence-electron chi connectivity index (χ3n) is 2.04. The quantitative estimate of drug-likeness (QED) is 0.627. The average Bonchev–Trinajstić information content (AvgIpc) is 2.63. The molecule has 0 spiro atoms. The first kappa shape index (κ1) is 8.22. The van der Waals surface area contributed by atoms with Gasteiger partial charge in [0.1, 0.15) is 0 Å². The molecule has 2 aromatic heterocycles. The fourth-order valence-electron chi connectivity index (χ4n) is 1.26. The lowest BCUT2D eigenvalue weighted by molar-refractivity contribution is 0.268. The maximum atomic E-state index is 8.85. The molecule has 0 bridgehead atoms. The Labute approximate surface area is 75.4 Å². The monoisotopic (exact) mass is 177 g/mol. The van der Waals surface area contributed by atoms with Crippen LogP contribution in [0.15, 0.2) is 24.5 Å². The number of aromatic nitrogens is 2. The molecule has 4 heteroatoms. The SMILES string of the molecule is NC(CO)c1cnc2cc[nH]c2c1. The highest BCUT2D eigenvalue weighted by atomic mass is 16.3. The average molecular weight is 177 g/mol. The van der Waals surface area contributed by atoms with E-state index in [2.05, 4.69) is 9.97 Å². The first-order valence-corrected chi connectivity index (χ1v) is 4.10. The number of H-pyrrole nitrogens is 1. The van der Waals surface area contributed by atoms with Crippen molar-refractivity contribution in [2.45, 2.75) is 6.04 Å². The van der Waals surface area contributed by atoms with Crippen LogP contribution in [0, 0.1) is 0 Å². The van der Waals surface area contributed by atoms with Crippen molar-refractivity contribution >= 4 is 11.0 Å². The molecule has 1 unspecified atom stereocenters. The van der Waals surface area contributed by atoms with E-state index in [0.29, 0.717) is 0 Å². The minimum Gasteiger partial charge on any atom is -0.394 e. The molecule has 0 saturated heterocycles. The van der Waals surface area contributed by atoms with Gasteiger partial charge in [0, 0.05) is 12.4 Å². The van der Waals surface area contributed by atoms with E-state index < -0.39 is 0 Å². The van der Waals surface area contributed by atoms with Crippen LogP contribution < -0.4 is 5.73 Å². The lowest BCUT2D eigenvalue weighted by Gasteiger charge is -2.06. The lowest BCUT2D eigenvalue weighted by Crippen LogP contribution is -2.14. The molecule has 2 heterocycles. The van der Waals surface area contributed by atoms with Crippen molar-refractivity contribution in [3.63, 3.8) is 0 Å². The maximum absolute atomic E-state index is 8.85. The van der Waals surface area contributed by atoms with Gasteiger partial charge in [-0.1, -0.05) is 0 Å². The summed E-state index contributed by atoms with van der Waals surface area (Å²) in [6, 6.07) is 3.45. The van der Waals surface area contributed by atoms with Gasteiger partial charge >= 0.3 is 0 Å². The van der Waals surface area contributed by atoms with Gasteiger partial charge in [-0.2, -0.15) is 0 Å². The van der Waals surface area contributed by atoms with Crippen molar-refractivity contribution < 1.29 is 5.11 Å². The van der Waals surface area contributed by atoms with Crippen molar-refractivity contribution in [1.29, 1.82) is 0 Å². The highest BCUT2D eigenvalue weighted by Crippen LogP contribution is 2.14. The summed E-state index contributed by atoms with van der Waals surface area (Å²) in [5.74, 6) is 0. The number of pyridine rings is 1. The molecule has 0 fully saturated rings. The second-order valence-corrected chi connectivity index (χ2v) is 2.97. The van der Waals surface area contributed by atoms with E-state index >= 15 is 0 Å². The Balaban J connectivity index is 2.48. The number of rotatable bonds is 2. The molecular formula is C9H11N3O. The number of hydrogen-bond donors (Lipinski definition) is 3. The van der Waals surface area contributed by atoms with E-state index in [1.807, 2.05) is 18.3 Å². The van der Waals surface area contributed by atoms with Gasteiger partial charge in [0.05, 0.1) is 23.7 Å². The molecule has 1 atom stereocenters. The Morgan fingerprint density at radius 2 is 2.46 bits per heavy atom. The van der Waals surface area contributed by atoms with Crippen LogP contribution in [-0.4, -0.2) is 21.7 Å². The predicted molar refractivity (Wildman–Crippen MR) is 50.1 cm³/mol. The summed E-state index contributed by atoms with van der Waals surface area (Å²) in [5.41, 5.74) is 8.35. The van der Waals surface area contributed by atoms with Gasteiger partial charge in [-0.05, 0) is 17.7 Å². The van der Waals surface area contributed by atoms with Crippen LogP contribution in [0.2, 0.25) is 0 Å². The molecule has 0 amide bonds.